The van der Waals surface area contributed by atoms with Gasteiger partial charge in [-0.15, -0.1) is 0 Å². The van der Waals surface area contributed by atoms with Crippen LogP contribution >= 0.6 is 7.82 Å². The molecule has 0 aliphatic rings. The highest BCUT2D eigenvalue weighted by Gasteiger charge is 2.23. The molecule has 0 spiro atoms. The second-order valence-corrected chi connectivity index (χ2v) is 14.0. The fourth-order valence-corrected chi connectivity index (χ4v) is 5.67. The summed E-state index contributed by atoms with van der Waals surface area (Å²) >= 11 is 0. The molecule has 0 aromatic carbocycles. The molecule has 280 valence electrons. The van der Waals surface area contributed by atoms with E-state index in [1.54, 1.807) is 0 Å². The molecule has 0 radical (unpaired) electrons. The SMILES string of the molecule is CCCCC/C=C\C/C=C\C/C=C\CCCCCCCCC(=O)OCC(O)COP(=O)(O)OCCNC(=O)CCCCCCCCCC. The van der Waals surface area contributed by atoms with Crippen LogP contribution in [0.5, 0.6) is 0 Å². The number of carbonyl (C=O) groups is 2. The molecule has 9 nitrogen and oxygen atoms in total. The molecule has 0 bridgehead atoms. The van der Waals surface area contributed by atoms with E-state index < -0.39 is 26.5 Å². The van der Waals surface area contributed by atoms with Gasteiger partial charge in [0.2, 0.25) is 5.91 Å². The first kappa shape index (κ1) is 46.2. The number of allylic oxidation sites excluding steroid dienone is 6. The standard InChI is InChI=1S/C38H70NO8P/c1-3-5-7-9-11-13-14-15-16-17-18-19-20-21-22-23-25-27-29-31-38(42)45-34-36(40)35-47-48(43,44)46-33-32-39-37(41)30-28-26-24-12-10-8-6-4-2/h11,13,15-16,18-19,36,40H,3-10,12,14,17,20-35H2,1-2H3,(H,39,41)(H,43,44)/b13-11-,16-15-,19-18-. The number of rotatable bonds is 35. The van der Waals surface area contributed by atoms with Crippen molar-refractivity contribution in [3.63, 3.8) is 0 Å². The number of phosphoric acid groups is 1. The van der Waals surface area contributed by atoms with Gasteiger partial charge in [0, 0.05) is 19.4 Å². The van der Waals surface area contributed by atoms with Crippen molar-refractivity contribution in [1.82, 2.24) is 5.32 Å². The summed E-state index contributed by atoms with van der Waals surface area (Å²) in [4.78, 5) is 33.6. The molecule has 0 aliphatic heterocycles. The Morgan fingerprint density at radius 3 is 1.73 bits per heavy atom. The molecule has 3 N–H and O–H groups in total. The van der Waals surface area contributed by atoms with Crippen molar-refractivity contribution < 1.29 is 37.9 Å². The Labute approximate surface area is 293 Å². The summed E-state index contributed by atoms with van der Waals surface area (Å²) in [5.41, 5.74) is 0. The van der Waals surface area contributed by atoms with Gasteiger partial charge in [-0.25, -0.2) is 4.57 Å². The van der Waals surface area contributed by atoms with Crippen LogP contribution < -0.4 is 5.32 Å². The molecule has 0 heterocycles. The Kier molecular flexibility index (Phi) is 33.8. The van der Waals surface area contributed by atoms with Crippen molar-refractivity contribution >= 4 is 19.7 Å². The minimum atomic E-state index is -4.41. The number of unbranched alkanes of at least 4 members (excludes halogenated alkanes) is 16. The molecule has 2 unspecified atom stereocenters. The molecule has 48 heavy (non-hydrogen) atoms. The summed E-state index contributed by atoms with van der Waals surface area (Å²) in [5.74, 6) is -0.535. The molecule has 0 aromatic rings. The average Bonchev–Trinajstić information content (AvgIpc) is 3.07. The summed E-state index contributed by atoms with van der Waals surface area (Å²) in [6.07, 6.45) is 36.5. The Morgan fingerprint density at radius 1 is 0.646 bits per heavy atom. The van der Waals surface area contributed by atoms with E-state index in [-0.39, 0.29) is 32.1 Å². The maximum Gasteiger partial charge on any atom is 0.472 e. The molecule has 0 fully saturated rings. The van der Waals surface area contributed by atoms with Crippen LogP contribution in [0.2, 0.25) is 0 Å². The molecule has 0 rings (SSSR count). The smallest absolute Gasteiger partial charge is 0.463 e. The molecule has 0 aromatic heterocycles. The largest absolute Gasteiger partial charge is 0.472 e. The summed E-state index contributed by atoms with van der Waals surface area (Å²) in [6.45, 7) is 3.46. The topological polar surface area (TPSA) is 131 Å². The number of aliphatic hydroxyl groups excluding tert-OH is 1. The predicted molar refractivity (Wildman–Crippen MR) is 197 cm³/mol. The first-order chi connectivity index (χ1) is 23.3. The van der Waals surface area contributed by atoms with Gasteiger partial charge in [0.05, 0.1) is 13.2 Å². The second kappa shape index (κ2) is 35.1. The van der Waals surface area contributed by atoms with Crippen molar-refractivity contribution in [2.45, 2.75) is 168 Å². The van der Waals surface area contributed by atoms with Crippen molar-refractivity contribution in [3.05, 3.63) is 36.5 Å². The summed E-state index contributed by atoms with van der Waals surface area (Å²) < 4.78 is 26.7. The minimum Gasteiger partial charge on any atom is -0.463 e. The summed E-state index contributed by atoms with van der Waals surface area (Å²) in [6, 6.07) is 0. The molecular formula is C38H70NO8P. The molecule has 0 saturated heterocycles. The van der Waals surface area contributed by atoms with E-state index in [0.29, 0.717) is 6.42 Å². The maximum atomic E-state index is 12.0. The van der Waals surface area contributed by atoms with Crippen LogP contribution in [0.1, 0.15) is 162 Å². The number of carbonyl (C=O) groups excluding carboxylic acids is 2. The number of ether oxygens (including phenoxy) is 1. The number of aliphatic hydroxyl groups is 1. The van der Waals surface area contributed by atoms with Crippen LogP contribution in [0, 0.1) is 0 Å². The zero-order chi connectivity index (χ0) is 35.4. The third-order valence-corrected chi connectivity index (χ3v) is 8.81. The Hall–Kier alpha value is -1.77. The van der Waals surface area contributed by atoms with Crippen LogP contribution in [0.3, 0.4) is 0 Å². The van der Waals surface area contributed by atoms with Gasteiger partial charge in [-0.1, -0.05) is 134 Å². The van der Waals surface area contributed by atoms with E-state index in [4.69, 9.17) is 13.8 Å². The van der Waals surface area contributed by atoms with Crippen molar-refractivity contribution in [3.8, 4) is 0 Å². The Morgan fingerprint density at radius 2 is 1.12 bits per heavy atom. The van der Waals surface area contributed by atoms with Crippen LogP contribution in [0.4, 0.5) is 0 Å². The van der Waals surface area contributed by atoms with Gasteiger partial charge in [0.15, 0.2) is 0 Å². The number of esters is 1. The van der Waals surface area contributed by atoms with Gasteiger partial charge in [0.25, 0.3) is 0 Å². The van der Waals surface area contributed by atoms with Gasteiger partial charge in [0.1, 0.15) is 12.7 Å². The van der Waals surface area contributed by atoms with E-state index in [1.165, 1.54) is 70.6 Å². The van der Waals surface area contributed by atoms with Crippen molar-refractivity contribution in [2.24, 2.45) is 0 Å². The van der Waals surface area contributed by atoms with Crippen LogP contribution in [-0.4, -0.2) is 54.3 Å². The normalized spacial score (nSPS) is 13.8. The van der Waals surface area contributed by atoms with E-state index in [0.717, 1.165) is 64.2 Å². The van der Waals surface area contributed by atoms with Gasteiger partial charge < -0.3 is 20.1 Å². The van der Waals surface area contributed by atoms with Gasteiger partial charge in [-0.05, 0) is 51.4 Å². The zero-order valence-electron chi connectivity index (χ0n) is 30.4. The molecule has 2 atom stereocenters. The van der Waals surface area contributed by atoms with Crippen molar-refractivity contribution in [1.29, 1.82) is 0 Å². The summed E-state index contributed by atoms with van der Waals surface area (Å²) in [5, 5.41) is 12.6. The first-order valence-corrected chi connectivity index (χ1v) is 20.5. The molecular weight excluding hydrogens is 629 g/mol. The third kappa shape index (κ3) is 35.5. The highest BCUT2D eigenvalue weighted by Crippen LogP contribution is 2.42. The van der Waals surface area contributed by atoms with Crippen LogP contribution in [-0.2, 0) is 27.9 Å². The van der Waals surface area contributed by atoms with E-state index in [9.17, 15) is 24.2 Å². The fraction of sp³-hybridized carbons (Fsp3) is 0.789. The zero-order valence-corrected chi connectivity index (χ0v) is 31.3. The maximum absolute atomic E-state index is 12.0. The van der Waals surface area contributed by atoms with Gasteiger partial charge in [-0.3, -0.25) is 18.6 Å². The molecule has 10 heteroatoms. The lowest BCUT2D eigenvalue weighted by Crippen LogP contribution is -2.27. The van der Waals surface area contributed by atoms with Gasteiger partial charge >= 0.3 is 13.8 Å². The van der Waals surface area contributed by atoms with E-state index in [2.05, 4.69) is 55.6 Å². The lowest BCUT2D eigenvalue weighted by Gasteiger charge is -2.15. The number of hydrogen-bond acceptors (Lipinski definition) is 7. The fourth-order valence-electron chi connectivity index (χ4n) is 4.91. The number of nitrogens with one attached hydrogen (secondary N) is 1. The monoisotopic (exact) mass is 699 g/mol. The second-order valence-electron chi connectivity index (χ2n) is 12.6. The number of amides is 1. The quantitative estimate of drug-likeness (QED) is 0.0258. The third-order valence-electron chi connectivity index (χ3n) is 7.82. The van der Waals surface area contributed by atoms with Gasteiger partial charge in [-0.2, -0.15) is 0 Å². The molecule has 0 aliphatic carbocycles. The van der Waals surface area contributed by atoms with Crippen LogP contribution in [0.15, 0.2) is 36.5 Å². The van der Waals surface area contributed by atoms with E-state index >= 15 is 0 Å². The van der Waals surface area contributed by atoms with Crippen LogP contribution in [0.25, 0.3) is 0 Å². The molecule has 1 amide bonds. The number of hydrogen-bond donors (Lipinski definition) is 3. The number of phosphoric ester groups is 1. The average molecular weight is 700 g/mol. The van der Waals surface area contributed by atoms with E-state index in [1.807, 2.05) is 0 Å². The Bertz CT molecular complexity index is 892. The highest BCUT2D eigenvalue weighted by molar-refractivity contribution is 7.47. The first-order valence-electron chi connectivity index (χ1n) is 19.0. The lowest BCUT2D eigenvalue weighted by molar-refractivity contribution is -0.147. The minimum absolute atomic E-state index is 0.0806. The van der Waals surface area contributed by atoms with Crippen molar-refractivity contribution in [2.75, 3.05) is 26.4 Å². The summed E-state index contributed by atoms with van der Waals surface area (Å²) in [7, 11) is -4.41. The molecule has 0 saturated carbocycles. The predicted octanol–water partition coefficient (Wildman–Crippen LogP) is 9.82. The lowest BCUT2D eigenvalue weighted by atomic mass is 10.1. The Balaban J connectivity index is 3.65. The highest BCUT2D eigenvalue weighted by atomic mass is 31.2.